The molecule has 1 amide bonds. The number of amides is 1. The normalized spacial score (nSPS) is 18.8. The summed E-state index contributed by atoms with van der Waals surface area (Å²) in [5, 5.41) is 11.2. The van der Waals surface area contributed by atoms with E-state index in [9.17, 15) is 14.9 Å². The third kappa shape index (κ3) is 3.94. The molecule has 6 heteroatoms. The Bertz CT molecular complexity index is 635. The summed E-state index contributed by atoms with van der Waals surface area (Å²) < 4.78 is 0. The first-order valence-corrected chi connectivity index (χ1v) is 9.38. The van der Waals surface area contributed by atoms with Crippen molar-refractivity contribution in [1.29, 1.82) is 0 Å². The first kappa shape index (κ1) is 17.7. The van der Waals surface area contributed by atoms with Gasteiger partial charge < -0.3 is 9.80 Å². The first-order chi connectivity index (χ1) is 12.1. The number of nitro benzene ring substituents is 1. The molecule has 0 atom stereocenters. The minimum absolute atomic E-state index is 0.0128. The van der Waals surface area contributed by atoms with Crippen LogP contribution in [0.25, 0.3) is 0 Å². The maximum absolute atomic E-state index is 13.2. The lowest BCUT2D eigenvalue weighted by Crippen LogP contribution is -2.39. The molecule has 3 rings (SSSR count). The van der Waals surface area contributed by atoms with Crippen LogP contribution in [-0.4, -0.2) is 41.9 Å². The number of carbonyl (C=O) groups excluding carboxylic acids is 1. The Morgan fingerprint density at radius 1 is 1.12 bits per heavy atom. The summed E-state index contributed by atoms with van der Waals surface area (Å²) in [5.41, 5.74) is 1.31. The smallest absolute Gasteiger partial charge is 0.270 e. The largest absolute Gasteiger partial charge is 0.371 e. The van der Waals surface area contributed by atoms with E-state index in [1.54, 1.807) is 6.07 Å². The van der Waals surface area contributed by atoms with E-state index in [4.69, 9.17) is 0 Å². The van der Waals surface area contributed by atoms with Crippen LogP contribution in [0.5, 0.6) is 0 Å². The van der Waals surface area contributed by atoms with Crippen LogP contribution in [0.4, 0.5) is 11.4 Å². The average Bonchev–Trinajstić information content (AvgIpc) is 2.67. The van der Waals surface area contributed by atoms with Crippen LogP contribution in [0.15, 0.2) is 18.2 Å². The van der Waals surface area contributed by atoms with Crippen molar-refractivity contribution in [2.75, 3.05) is 25.0 Å². The van der Waals surface area contributed by atoms with Crippen LogP contribution in [0.1, 0.15) is 61.7 Å². The van der Waals surface area contributed by atoms with E-state index in [1.807, 2.05) is 11.9 Å². The zero-order chi connectivity index (χ0) is 17.8. The Balaban J connectivity index is 1.91. The third-order valence-electron chi connectivity index (χ3n) is 5.56. The second-order valence-electron chi connectivity index (χ2n) is 7.21. The lowest BCUT2D eigenvalue weighted by Gasteiger charge is -2.34. The predicted molar refractivity (Wildman–Crippen MR) is 98.1 cm³/mol. The monoisotopic (exact) mass is 345 g/mol. The molecule has 0 N–H and O–H groups in total. The molecule has 136 valence electrons. The summed E-state index contributed by atoms with van der Waals surface area (Å²) in [6.07, 6.45) is 8.98. The van der Waals surface area contributed by atoms with Gasteiger partial charge >= 0.3 is 0 Å². The molecule has 0 bridgehead atoms. The molecule has 6 nitrogen and oxygen atoms in total. The van der Waals surface area contributed by atoms with E-state index in [2.05, 4.69) is 4.90 Å². The van der Waals surface area contributed by atoms with Crippen molar-refractivity contribution in [2.24, 2.45) is 0 Å². The zero-order valence-corrected chi connectivity index (χ0v) is 14.9. The highest BCUT2D eigenvalue weighted by Crippen LogP contribution is 2.30. The Labute approximate surface area is 148 Å². The van der Waals surface area contributed by atoms with Gasteiger partial charge in [-0.05, 0) is 38.2 Å². The Morgan fingerprint density at radius 2 is 1.76 bits per heavy atom. The van der Waals surface area contributed by atoms with Gasteiger partial charge in [-0.2, -0.15) is 0 Å². The molecule has 0 aromatic heterocycles. The van der Waals surface area contributed by atoms with Crippen molar-refractivity contribution < 1.29 is 9.72 Å². The van der Waals surface area contributed by atoms with E-state index in [0.717, 1.165) is 57.3 Å². The first-order valence-electron chi connectivity index (χ1n) is 9.38. The van der Waals surface area contributed by atoms with Crippen LogP contribution in [0, 0.1) is 10.1 Å². The Morgan fingerprint density at radius 3 is 2.40 bits per heavy atom. The summed E-state index contributed by atoms with van der Waals surface area (Å²) in [6, 6.07) is 4.98. The molecule has 0 radical (unpaired) electrons. The molecular weight excluding hydrogens is 318 g/mol. The topological polar surface area (TPSA) is 66.7 Å². The summed E-state index contributed by atoms with van der Waals surface area (Å²) in [6.45, 7) is 1.82. The SMILES string of the molecule is CN(C(=O)c1cc([N+](=O)[O-])ccc1N1CCCCC1)C1CCCCC1. The summed E-state index contributed by atoms with van der Waals surface area (Å²) in [4.78, 5) is 28.0. The number of hydrogen-bond acceptors (Lipinski definition) is 4. The van der Waals surface area contributed by atoms with Gasteiger partial charge in [-0.25, -0.2) is 0 Å². The Kier molecular flexibility index (Phi) is 5.56. The highest BCUT2D eigenvalue weighted by atomic mass is 16.6. The molecule has 0 spiro atoms. The van der Waals surface area contributed by atoms with Crippen LogP contribution in [0.2, 0.25) is 0 Å². The molecule has 1 heterocycles. The van der Waals surface area contributed by atoms with Gasteiger partial charge in [-0.3, -0.25) is 14.9 Å². The fraction of sp³-hybridized carbons (Fsp3) is 0.632. The second-order valence-corrected chi connectivity index (χ2v) is 7.21. The molecule has 1 aliphatic heterocycles. The van der Waals surface area contributed by atoms with Gasteiger partial charge in [0, 0.05) is 38.3 Å². The van der Waals surface area contributed by atoms with Crippen molar-refractivity contribution in [3.63, 3.8) is 0 Å². The number of non-ortho nitro benzene ring substituents is 1. The third-order valence-corrected chi connectivity index (χ3v) is 5.56. The molecule has 1 aliphatic carbocycles. The highest BCUT2D eigenvalue weighted by Gasteiger charge is 2.28. The van der Waals surface area contributed by atoms with E-state index in [-0.39, 0.29) is 17.6 Å². The molecule has 0 unspecified atom stereocenters. The number of benzene rings is 1. The van der Waals surface area contributed by atoms with Crippen LogP contribution in [0.3, 0.4) is 0 Å². The standard InChI is InChI=1S/C19H27N3O3/c1-20(15-8-4-2-5-9-15)19(23)17-14-16(22(24)25)10-11-18(17)21-12-6-3-7-13-21/h10-11,14-15H,2-9,12-13H2,1H3. The lowest BCUT2D eigenvalue weighted by molar-refractivity contribution is -0.384. The highest BCUT2D eigenvalue weighted by molar-refractivity contribution is 6.00. The minimum Gasteiger partial charge on any atom is -0.371 e. The number of nitrogens with zero attached hydrogens (tertiary/aromatic N) is 3. The van der Waals surface area contributed by atoms with E-state index >= 15 is 0 Å². The van der Waals surface area contributed by atoms with Crippen molar-refractivity contribution in [2.45, 2.75) is 57.4 Å². The maximum Gasteiger partial charge on any atom is 0.270 e. The van der Waals surface area contributed by atoms with Crippen molar-refractivity contribution >= 4 is 17.3 Å². The Hall–Kier alpha value is -2.11. The summed E-state index contributed by atoms with van der Waals surface area (Å²) >= 11 is 0. The van der Waals surface area contributed by atoms with Crippen molar-refractivity contribution in [3.8, 4) is 0 Å². The molecule has 2 aliphatic rings. The molecular formula is C19H27N3O3. The second kappa shape index (κ2) is 7.85. The number of rotatable bonds is 4. The van der Waals surface area contributed by atoms with Gasteiger partial charge in [0.25, 0.3) is 11.6 Å². The number of anilines is 1. The van der Waals surface area contributed by atoms with Crippen LogP contribution < -0.4 is 4.90 Å². The van der Waals surface area contributed by atoms with Crippen LogP contribution in [-0.2, 0) is 0 Å². The molecule has 25 heavy (non-hydrogen) atoms. The van der Waals surface area contributed by atoms with E-state index in [1.165, 1.54) is 25.0 Å². The maximum atomic E-state index is 13.2. The van der Waals surface area contributed by atoms with Gasteiger partial charge in [-0.1, -0.05) is 19.3 Å². The molecule has 1 aromatic carbocycles. The fourth-order valence-corrected chi connectivity index (χ4v) is 4.04. The fourth-order valence-electron chi connectivity index (χ4n) is 4.04. The van der Waals surface area contributed by atoms with Gasteiger partial charge in [0.1, 0.15) is 0 Å². The summed E-state index contributed by atoms with van der Waals surface area (Å²) in [7, 11) is 1.84. The molecule has 1 saturated carbocycles. The number of piperidine rings is 1. The predicted octanol–water partition coefficient (Wildman–Crippen LogP) is 3.99. The zero-order valence-electron chi connectivity index (χ0n) is 14.9. The van der Waals surface area contributed by atoms with Crippen molar-refractivity contribution in [1.82, 2.24) is 4.90 Å². The van der Waals surface area contributed by atoms with Crippen LogP contribution >= 0.6 is 0 Å². The number of carbonyl (C=O) groups is 1. The van der Waals surface area contributed by atoms with Gasteiger partial charge in [-0.15, -0.1) is 0 Å². The molecule has 2 fully saturated rings. The minimum atomic E-state index is -0.419. The van der Waals surface area contributed by atoms with Gasteiger partial charge in [0.05, 0.1) is 16.2 Å². The lowest BCUT2D eigenvalue weighted by atomic mass is 9.94. The number of nitro groups is 1. The van der Waals surface area contributed by atoms with Gasteiger partial charge in [0.2, 0.25) is 0 Å². The quantitative estimate of drug-likeness (QED) is 0.611. The van der Waals surface area contributed by atoms with Gasteiger partial charge in [0.15, 0.2) is 0 Å². The van der Waals surface area contributed by atoms with E-state index < -0.39 is 4.92 Å². The van der Waals surface area contributed by atoms with E-state index in [0.29, 0.717) is 5.56 Å². The number of hydrogen-bond donors (Lipinski definition) is 0. The molecule has 1 aromatic rings. The molecule has 1 saturated heterocycles. The van der Waals surface area contributed by atoms with Crippen molar-refractivity contribution in [3.05, 3.63) is 33.9 Å². The average molecular weight is 345 g/mol. The summed E-state index contributed by atoms with van der Waals surface area (Å²) in [5.74, 6) is -0.0869.